The van der Waals surface area contributed by atoms with E-state index in [-0.39, 0.29) is 23.9 Å². The second-order valence-electron chi connectivity index (χ2n) is 10.2. The summed E-state index contributed by atoms with van der Waals surface area (Å²) in [5.41, 5.74) is 2.92. The van der Waals surface area contributed by atoms with Crippen molar-refractivity contribution in [3.8, 4) is 5.75 Å². The van der Waals surface area contributed by atoms with Gasteiger partial charge in [0.1, 0.15) is 12.0 Å². The fourth-order valence-corrected chi connectivity index (χ4v) is 5.50. The number of amides is 2. The van der Waals surface area contributed by atoms with E-state index in [4.69, 9.17) is 14.4 Å². The van der Waals surface area contributed by atoms with Gasteiger partial charge in [-0.3, -0.25) is 14.3 Å². The fraction of sp³-hybridized carbons (Fsp3) is 0.462. The minimum Gasteiger partial charge on any atom is -0.484 e. The first-order chi connectivity index (χ1) is 18.2. The number of carbonyl (C=O) groups excluding carboxylic acids is 2. The van der Waals surface area contributed by atoms with Gasteiger partial charge in [-0.1, -0.05) is 24.1 Å². The molecule has 3 aliphatic rings. The van der Waals surface area contributed by atoms with Crippen molar-refractivity contribution in [3.05, 3.63) is 64.3 Å². The molecule has 1 atom stereocenters. The van der Waals surface area contributed by atoms with Crippen molar-refractivity contribution in [2.45, 2.75) is 63.3 Å². The number of aryl methyl sites for hydroxylation is 2. The van der Waals surface area contributed by atoms with Gasteiger partial charge in [-0.2, -0.15) is 18.3 Å². The summed E-state index contributed by atoms with van der Waals surface area (Å²) in [6, 6.07) is 6.33. The summed E-state index contributed by atoms with van der Waals surface area (Å²) in [4.78, 5) is 26.0. The summed E-state index contributed by atoms with van der Waals surface area (Å²) in [5, 5.41) is 14.5. The van der Waals surface area contributed by atoms with Crippen molar-refractivity contribution in [1.82, 2.24) is 25.6 Å². The second-order valence-corrected chi connectivity index (χ2v) is 10.2. The second kappa shape index (κ2) is 9.17. The number of rotatable bonds is 8. The third-order valence-corrected chi connectivity index (χ3v) is 7.53. The van der Waals surface area contributed by atoms with Crippen molar-refractivity contribution in [1.29, 1.82) is 0 Å². The average Bonchev–Trinajstić information content (AvgIpc) is 3.26. The maximum absolute atomic E-state index is 13.5. The first-order valence-corrected chi connectivity index (χ1v) is 12.6. The lowest BCUT2D eigenvalue weighted by Gasteiger charge is -2.35. The molecular weight excluding hydrogens is 503 g/mol. The van der Waals surface area contributed by atoms with Gasteiger partial charge in [0.2, 0.25) is 0 Å². The molecule has 1 aliphatic heterocycles. The maximum atomic E-state index is 13.5. The van der Waals surface area contributed by atoms with E-state index in [9.17, 15) is 22.8 Å². The summed E-state index contributed by atoms with van der Waals surface area (Å²) < 4.78 is 49.2. The number of nitrogens with one attached hydrogen (secondary N) is 2. The van der Waals surface area contributed by atoms with Crippen LogP contribution < -0.4 is 15.4 Å². The summed E-state index contributed by atoms with van der Waals surface area (Å²) in [7, 11) is 0. The standard InChI is InChI=1S/C26H26F3N5O4/c27-26(28,29)14-37-17-3-4-18-16(11-17)5-8-25(18)12-20-22(24(36)31-25)21(34(32-20)9-6-15-1-2-15)13-30-23(35)19-7-10-38-33-19/h3-4,7,10-11,15H,1-2,5-6,8-9,12-14H2,(H,30,35)(H,31,36)/t25-/m0/s1. The SMILES string of the molecule is O=C(NCc1c2c(nn1CCC1CC1)C[C@]1(CCc3cc(OCC(F)(F)F)ccc31)NC2=O)c1ccon1. The molecule has 1 spiro atoms. The molecule has 2 amide bonds. The Balaban J connectivity index is 1.26. The van der Waals surface area contributed by atoms with Crippen molar-refractivity contribution in [2.75, 3.05) is 6.61 Å². The Morgan fingerprint density at radius 1 is 1.29 bits per heavy atom. The predicted octanol–water partition coefficient (Wildman–Crippen LogP) is 3.67. The van der Waals surface area contributed by atoms with Gasteiger partial charge in [0.25, 0.3) is 11.8 Å². The first-order valence-electron chi connectivity index (χ1n) is 12.6. The highest BCUT2D eigenvalue weighted by atomic mass is 19.4. The molecule has 0 saturated heterocycles. The Labute approximate surface area is 215 Å². The number of fused-ring (bicyclic) bond motifs is 3. The summed E-state index contributed by atoms with van der Waals surface area (Å²) >= 11 is 0. The molecular formula is C26H26F3N5O4. The van der Waals surface area contributed by atoms with Crippen molar-refractivity contribution < 1.29 is 32.0 Å². The summed E-state index contributed by atoms with van der Waals surface area (Å²) in [6.45, 7) is -0.607. The zero-order valence-electron chi connectivity index (χ0n) is 20.4. The van der Waals surface area contributed by atoms with Crippen LogP contribution in [0.5, 0.6) is 5.75 Å². The van der Waals surface area contributed by atoms with Gasteiger partial charge in [-0.05, 0) is 48.4 Å². The van der Waals surface area contributed by atoms with Crippen LogP contribution in [0.2, 0.25) is 0 Å². The van der Waals surface area contributed by atoms with E-state index in [1.54, 1.807) is 12.1 Å². The van der Waals surface area contributed by atoms with Gasteiger partial charge in [-0.25, -0.2) is 0 Å². The van der Waals surface area contributed by atoms with E-state index in [1.165, 1.54) is 31.2 Å². The lowest BCUT2D eigenvalue weighted by atomic mass is 9.82. The molecule has 0 bridgehead atoms. The van der Waals surface area contributed by atoms with Crippen molar-refractivity contribution in [3.63, 3.8) is 0 Å². The van der Waals surface area contributed by atoms with Crippen LogP contribution in [0.25, 0.3) is 0 Å². The van der Waals surface area contributed by atoms with Gasteiger partial charge in [-0.15, -0.1) is 0 Å². The van der Waals surface area contributed by atoms with E-state index in [1.807, 2.05) is 4.68 Å². The highest BCUT2D eigenvalue weighted by Crippen LogP contribution is 2.44. The molecule has 1 saturated carbocycles. The number of carbonyl (C=O) groups is 2. The molecule has 2 N–H and O–H groups in total. The maximum Gasteiger partial charge on any atom is 0.422 e. The normalized spacial score (nSPS) is 20.2. The Bertz CT molecular complexity index is 1380. The highest BCUT2D eigenvalue weighted by Gasteiger charge is 2.46. The number of hydrogen-bond acceptors (Lipinski definition) is 6. The smallest absolute Gasteiger partial charge is 0.422 e. The zero-order valence-corrected chi connectivity index (χ0v) is 20.4. The third kappa shape index (κ3) is 4.74. The molecule has 200 valence electrons. The van der Waals surface area contributed by atoms with Crippen LogP contribution in [-0.2, 0) is 31.5 Å². The van der Waals surface area contributed by atoms with Crippen LogP contribution in [0.4, 0.5) is 13.2 Å². The quantitative estimate of drug-likeness (QED) is 0.461. The molecule has 2 aromatic heterocycles. The van der Waals surface area contributed by atoms with Crippen LogP contribution in [0.3, 0.4) is 0 Å². The van der Waals surface area contributed by atoms with Crippen LogP contribution in [-0.4, -0.2) is 39.5 Å². The van der Waals surface area contributed by atoms with Gasteiger partial charge in [0, 0.05) is 19.0 Å². The highest BCUT2D eigenvalue weighted by molar-refractivity contribution is 5.99. The molecule has 0 radical (unpaired) electrons. The van der Waals surface area contributed by atoms with Crippen LogP contribution in [0.1, 0.15) is 69.0 Å². The fourth-order valence-electron chi connectivity index (χ4n) is 5.50. The predicted molar refractivity (Wildman–Crippen MR) is 126 cm³/mol. The molecule has 38 heavy (non-hydrogen) atoms. The van der Waals surface area contributed by atoms with Crippen LogP contribution >= 0.6 is 0 Å². The number of benzene rings is 1. The Kier molecular flexibility index (Phi) is 5.92. The lowest BCUT2D eigenvalue weighted by molar-refractivity contribution is -0.153. The Morgan fingerprint density at radius 3 is 2.87 bits per heavy atom. The van der Waals surface area contributed by atoms with E-state index in [0.29, 0.717) is 48.7 Å². The average molecular weight is 530 g/mol. The topological polar surface area (TPSA) is 111 Å². The molecule has 6 rings (SSSR count). The molecule has 3 heterocycles. The zero-order chi connectivity index (χ0) is 26.5. The molecule has 3 aromatic rings. The lowest BCUT2D eigenvalue weighted by Crippen LogP contribution is -2.50. The number of nitrogens with zero attached hydrogens (tertiary/aromatic N) is 3. The van der Waals surface area contributed by atoms with Gasteiger partial charge in [0.05, 0.1) is 29.0 Å². The molecule has 0 unspecified atom stereocenters. The molecule has 2 aliphatic carbocycles. The monoisotopic (exact) mass is 529 g/mol. The van der Waals surface area contributed by atoms with Crippen molar-refractivity contribution >= 4 is 11.8 Å². The molecule has 1 aromatic carbocycles. The summed E-state index contributed by atoms with van der Waals surface area (Å²) in [5.74, 6) is 0.114. The van der Waals surface area contributed by atoms with Crippen molar-refractivity contribution in [2.24, 2.45) is 5.92 Å². The minimum absolute atomic E-state index is 0.107. The summed E-state index contributed by atoms with van der Waals surface area (Å²) in [6.07, 6.45) is 1.86. The number of aromatic nitrogens is 3. The van der Waals surface area contributed by atoms with Crippen LogP contribution in [0.15, 0.2) is 35.1 Å². The van der Waals surface area contributed by atoms with E-state index in [2.05, 4.69) is 15.8 Å². The van der Waals surface area contributed by atoms with Gasteiger partial charge >= 0.3 is 6.18 Å². The first kappa shape index (κ1) is 24.5. The molecule has 9 nitrogen and oxygen atoms in total. The Hall–Kier alpha value is -3.83. The Morgan fingerprint density at radius 2 is 2.13 bits per heavy atom. The third-order valence-electron chi connectivity index (χ3n) is 7.53. The van der Waals surface area contributed by atoms with Crippen LogP contribution in [0, 0.1) is 5.92 Å². The number of alkyl halides is 3. The largest absolute Gasteiger partial charge is 0.484 e. The molecule has 1 fully saturated rings. The van der Waals surface area contributed by atoms with Gasteiger partial charge in [0.15, 0.2) is 12.3 Å². The number of hydrogen-bond donors (Lipinski definition) is 2. The number of halogens is 3. The van der Waals surface area contributed by atoms with E-state index < -0.39 is 24.2 Å². The number of ether oxygens (including phenoxy) is 1. The van der Waals surface area contributed by atoms with E-state index in [0.717, 1.165) is 17.5 Å². The minimum atomic E-state index is -4.42. The molecule has 12 heteroatoms. The van der Waals surface area contributed by atoms with Gasteiger partial charge < -0.3 is 19.9 Å². The van der Waals surface area contributed by atoms with E-state index >= 15 is 0 Å².